The normalized spacial score (nSPS) is 12.2. The summed E-state index contributed by atoms with van der Waals surface area (Å²) in [5, 5.41) is 3.02. The summed E-state index contributed by atoms with van der Waals surface area (Å²) < 4.78 is 6.79. The van der Waals surface area contributed by atoms with Crippen LogP contribution in [0.4, 0.5) is 0 Å². The highest BCUT2D eigenvalue weighted by Gasteiger charge is 2.31. The third-order valence-corrected chi connectivity index (χ3v) is 6.94. The summed E-state index contributed by atoms with van der Waals surface area (Å²) in [6.07, 6.45) is 0.404. The average molecular weight is 580 g/mol. The first-order chi connectivity index (χ1) is 17.9. The van der Waals surface area contributed by atoms with Crippen molar-refractivity contribution < 1.29 is 14.3 Å². The Labute approximate surface area is 235 Å². The minimum absolute atomic E-state index is 0.00383. The molecule has 0 spiro atoms. The Balaban J connectivity index is 1.90. The zero-order valence-corrected chi connectivity index (χ0v) is 24.8. The van der Waals surface area contributed by atoms with E-state index in [1.807, 2.05) is 93.6 Å². The van der Waals surface area contributed by atoms with Gasteiger partial charge in [-0.05, 0) is 70.9 Å². The van der Waals surface area contributed by atoms with Gasteiger partial charge in [0.1, 0.15) is 11.8 Å². The van der Waals surface area contributed by atoms with E-state index in [1.54, 1.807) is 4.90 Å². The van der Waals surface area contributed by atoms with E-state index in [0.29, 0.717) is 18.7 Å². The third kappa shape index (κ3) is 8.45. The highest BCUT2D eigenvalue weighted by molar-refractivity contribution is 9.10. The van der Waals surface area contributed by atoms with Crippen LogP contribution in [0.1, 0.15) is 56.9 Å². The minimum atomic E-state index is -0.691. The number of benzene rings is 3. The fourth-order valence-corrected chi connectivity index (χ4v) is 4.62. The molecule has 0 radical (unpaired) electrons. The van der Waals surface area contributed by atoms with Gasteiger partial charge in [-0.15, -0.1) is 0 Å². The van der Waals surface area contributed by atoms with Gasteiger partial charge in [0.15, 0.2) is 6.61 Å². The molecule has 1 atom stereocenters. The number of halogens is 1. The molecule has 0 fully saturated rings. The van der Waals surface area contributed by atoms with Crippen molar-refractivity contribution >= 4 is 27.7 Å². The standard InChI is InChI=1S/C32H39BrN2O3/c1-22(2)34-31(37)28(18-24-10-8-7-9-11-24)35(20-25-14-12-23(3)13-15-25)30(36)21-38-29-17-16-26(19-27(29)33)32(4,5)6/h7-17,19,22,28H,18,20-21H2,1-6H3,(H,34,37)/t28-/m0/s1. The molecule has 202 valence electrons. The summed E-state index contributed by atoms with van der Waals surface area (Å²) in [4.78, 5) is 28.9. The maximum atomic E-state index is 13.8. The second-order valence-electron chi connectivity index (χ2n) is 11.1. The fourth-order valence-electron chi connectivity index (χ4n) is 4.13. The predicted molar refractivity (Wildman–Crippen MR) is 157 cm³/mol. The summed E-state index contributed by atoms with van der Waals surface area (Å²) in [5.41, 5.74) is 4.24. The van der Waals surface area contributed by atoms with E-state index in [2.05, 4.69) is 42.0 Å². The Morgan fingerprint density at radius 3 is 2.18 bits per heavy atom. The molecule has 0 aliphatic carbocycles. The van der Waals surface area contributed by atoms with Crippen molar-refractivity contribution in [2.24, 2.45) is 0 Å². The number of aryl methyl sites for hydroxylation is 1. The van der Waals surface area contributed by atoms with E-state index in [9.17, 15) is 9.59 Å². The van der Waals surface area contributed by atoms with Crippen LogP contribution in [0.5, 0.6) is 5.75 Å². The molecule has 3 aromatic carbocycles. The van der Waals surface area contributed by atoms with E-state index in [1.165, 1.54) is 0 Å². The van der Waals surface area contributed by atoms with Gasteiger partial charge in [0.25, 0.3) is 5.91 Å². The predicted octanol–water partition coefficient (Wildman–Crippen LogP) is 6.60. The quantitative estimate of drug-likeness (QED) is 0.295. The van der Waals surface area contributed by atoms with Crippen LogP contribution in [0, 0.1) is 6.92 Å². The van der Waals surface area contributed by atoms with Crippen molar-refractivity contribution in [2.45, 2.75) is 72.0 Å². The zero-order valence-electron chi connectivity index (χ0n) is 23.3. The number of hydrogen-bond acceptors (Lipinski definition) is 3. The molecule has 0 aliphatic heterocycles. The molecule has 6 heteroatoms. The molecule has 3 aromatic rings. The van der Waals surface area contributed by atoms with Gasteiger partial charge >= 0.3 is 0 Å². The number of nitrogens with zero attached hydrogens (tertiary/aromatic N) is 1. The molecule has 0 aliphatic rings. The van der Waals surface area contributed by atoms with Gasteiger partial charge in [-0.1, -0.05) is 87.0 Å². The lowest BCUT2D eigenvalue weighted by molar-refractivity contribution is -0.143. The van der Waals surface area contributed by atoms with Crippen LogP contribution in [0.25, 0.3) is 0 Å². The van der Waals surface area contributed by atoms with Crippen molar-refractivity contribution in [3.63, 3.8) is 0 Å². The van der Waals surface area contributed by atoms with Crippen LogP contribution in [0.15, 0.2) is 77.3 Å². The maximum absolute atomic E-state index is 13.8. The van der Waals surface area contributed by atoms with Gasteiger partial charge in [0.2, 0.25) is 5.91 Å². The lowest BCUT2D eigenvalue weighted by atomic mass is 9.87. The summed E-state index contributed by atoms with van der Waals surface area (Å²) in [6, 6.07) is 23.0. The van der Waals surface area contributed by atoms with Gasteiger partial charge in [-0.2, -0.15) is 0 Å². The lowest BCUT2D eigenvalue weighted by Gasteiger charge is -2.32. The highest BCUT2D eigenvalue weighted by Crippen LogP contribution is 2.31. The Morgan fingerprint density at radius 2 is 1.61 bits per heavy atom. The van der Waals surface area contributed by atoms with Gasteiger partial charge in [0, 0.05) is 19.0 Å². The molecule has 1 N–H and O–H groups in total. The second kappa shape index (κ2) is 13.1. The van der Waals surface area contributed by atoms with Crippen molar-refractivity contribution in [3.8, 4) is 5.75 Å². The first-order valence-corrected chi connectivity index (χ1v) is 13.9. The number of carbonyl (C=O) groups excluding carboxylic acids is 2. The lowest BCUT2D eigenvalue weighted by Crippen LogP contribution is -2.52. The summed E-state index contributed by atoms with van der Waals surface area (Å²) in [6.45, 7) is 12.4. The van der Waals surface area contributed by atoms with Crippen molar-refractivity contribution in [1.29, 1.82) is 0 Å². The van der Waals surface area contributed by atoms with Crippen LogP contribution >= 0.6 is 15.9 Å². The van der Waals surface area contributed by atoms with E-state index < -0.39 is 6.04 Å². The average Bonchev–Trinajstić information content (AvgIpc) is 2.86. The molecule has 0 aromatic heterocycles. The topological polar surface area (TPSA) is 58.6 Å². The van der Waals surface area contributed by atoms with Gasteiger partial charge < -0.3 is 15.0 Å². The monoisotopic (exact) mass is 578 g/mol. The molecule has 0 heterocycles. The zero-order chi connectivity index (χ0) is 27.9. The Hall–Kier alpha value is -3.12. The SMILES string of the molecule is Cc1ccc(CN(C(=O)COc2ccc(C(C)(C)C)cc2Br)[C@@H](Cc2ccccc2)C(=O)NC(C)C)cc1. The number of carbonyl (C=O) groups is 2. The smallest absolute Gasteiger partial charge is 0.261 e. The number of hydrogen-bond donors (Lipinski definition) is 1. The summed E-state index contributed by atoms with van der Waals surface area (Å²) in [7, 11) is 0. The van der Waals surface area contributed by atoms with E-state index in [4.69, 9.17) is 4.74 Å². The van der Waals surface area contributed by atoms with Crippen molar-refractivity contribution in [3.05, 3.63) is 99.5 Å². The van der Waals surface area contributed by atoms with Crippen LogP contribution in [0.2, 0.25) is 0 Å². The second-order valence-corrected chi connectivity index (χ2v) is 11.9. The Kier molecular flexibility index (Phi) is 10.1. The van der Waals surface area contributed by atoms with Crippen molar-refractivity contribution in [2.75, 3.05) is 6.61 Å². The molecular formula is C32H39BrN2O3. The largest absolute Gasteiger partial charge is 0.483 e. The molecule has 5 nitrogen and oxygen atoms in total. The first kappa shape index (κ1) is 29.4. The highest BCUT2D eigenvalue weighted by atomic mass is 79.9. The minimum Gasteiger partial charge on any atom is -0.483 e. The van der Waals surface area contributed by atoms with E-state index in [-0.39, 0.29) is 29.9 Å². The third-order valence-electron chi connectivity index (χ3n) is 6.32. The Bertz CT molecular complexity index is 1220. The van der Waals surface area contributed by atoms with Gasteiger partial charge in [-0.25, -0.2) is 0 Å². The molecule has 0 bridgehead atoms. The van der Waals surface area contributed by atoms with Crippen LogP contribution < -0.4 is 10.1 Å². The molecule has 0 saturated carbocycles. The summed E-state index contributed by atoms with van der Waals surface area (Å²) in [5.74, 6) is 0.158. The van der Waals surface area contributed by atoms with E-state index >= 15 is 0 Å². The van der Waals surface area contributed by atoms with Gasteiger partial charge in [-0.3, -0.25) is 9.59 Å². The number of ether oxygens (including phenoxy) is 1. The van der Waals surface area contributed by atoms with E-state index in [0.717, 1.165) is 26.7 Å². The maximum Gasteiger partial charge on any atom is 0.261 e. The number of amides is 2. The van der Waals surface area contributed by atoms with Gasteiger partial charge in [0.05, 0.1) is 4.47 Å². The number of rotatable bonds is 10. The molecule has 3 rings (SSSR count). The van der Waals surface area contributed by atoms with Crippen LogP contribution in [-0.2, 0) is 28.0 Å². The first-order valence-electron chi connectivity index (χ1n) is 13.1. The van der Waals surface area contributed by atoms with Crippen LogP contribution in [0.3, 0.4) is 0 Å². The number of nitrogens with one attached hydrogen (secondary N) is 1. The molecular weight excluding hydrogens is 540 g/mol. The van der Waals surface area contributed by atoms with Crippen LogP contribution in [-0.4, -0.2) is 35.4 Å². The molecule has 2 amide bonds. The molecule has 0 unspecified atom stereocenters. The molecule has 0 saturated heterocycles. The fraction of sp³-hybridized carbons (Fsp3) is 0.375. The van der Waals surface area contributed by atoms with Crippen molar-refractivity contribution in [1.82, 2.24) is 10.2 Å². The molecule has 38 heavy (non-hydrogen) atoms. The Morgan fingerprint density at radius 1 is 0.947 bits per heavy atom. The summed E-state index contributed by atoms with van der Waals surface area (Å²) >= 11 is 3.60.